The summed E-state index contributed by atoms with van der Waals surface area (Å²) in [7, 11) is 0. The molecule has 0 amide bonds. The molecule has 30 heavy (non-hydrogen) atoms. The molecule has 0 spiro atoms. The highest BCUT2D eigenvalue weighted by atomic mass is 32.2. The number of thiophene rings is 1. The summed E-state index contributed by atoms with van der Waals surface area (Å²) in [6, 6.07) is 6.06. The number of nitrogens with zero attached hydrogens (tertiary/aromatic N) is 2. The van der Waals surface area contributed by atoms with Crippen molar-refractivity contribution in [1.29, 1.82) is 0 Å². The fraction of sp³-hybridized carbons (Fsp3) is 0.458. The summed E-state index contributed by atoms with van der Waals surface area (Å²) in [6.07, 6.45) is 4.28. The summed E-state index contributed by atoms with van der Waals surface area (Å²) in [5.41, 5.74) is 3.91. The van der Waals surface area contributed by atoms with Crippen LogP contribution in [0, 0.1) is 19.3 Å². The van der Waals surface area contributed by atoms with Crippen molar-refractivity contribution < 1.29 is 4.79 Å². The van der Waals surface area contributed by atoms with Gasteiger partial charge < -0.3 is 0 Å². The van der Waals surface area contributed by atoms with Gasteiger partial charge in [-0.2, -0.15) is 0 Å². The predicted octanol–water partition coefficient (Wildman–Crippen LogP) is 5.65. The molecular formula is C24H28N2O2S2. The van der Waals surface area contributed by atoms with E-state index in [9.17, 15) is 9.59 Å². The van der Waals surface area contributed by atoms with Gasteiger partial charge in [-0.15, -0.1) is 11.3 Å². The maximum atomic E-state index is 13.8. The van der Waals surface area contributed by atoms with Crippen molar-refractivity contribution in [3.8, 4) is 5.69 Å². The number of carbonyl (C=O) groups is 1. The Morgan fingerprint density at radius 3 is 2.60 bits per heavy atom. The number of rotatable bonds is 4. The van der Waals surface area contributed by atoms with Gasteiger partial charge in [-0.05, 0) is 68.4 Å². The molecule has 2 aromatic heterocycles. The van der Waals surface area contributed by atoms with E-state index in [-0.39, 0.29) is 11.3 Å². The monoisotopic (exact) mass is 440 g/mol. The molecule has 1 aliphatic rings. The zero-order chi connectivity index (χ0) is 21.6. The number of aromatic nitrogens is 2. The van der Waals surface area contributed by atoms with Gasteiger partial charge in [0.2, 0.25) is 0 Å². The van der Waals surface area contributed by atoms with E-state index in [1.54, 1.807) is 15.9 Å². The van der Waals surface area contributed by atoms with Gasteiger partial charge in [0.15, 0.2) is 5.16 Å². The lowest BCUT2D eigenvalue weighted by Gasteiger charge is -2.17. The Kier molecular flexibility index (Phi) is 5.66. The van der Waals surface area contributed by atoms with Crippen LogP contribution in [0.1, 0.15) is 55.2 Å². The predicted molar refractivity (Wildman–Crippen MR) is 127 cm³/mol. The minimum Gasteiger partial charge on any atom is -0.298 e. The molecule has 0 saturated heterocycles. The zero-order valence-corrected chi connectivity index (χ0v) is 19.9. The van der Waals surface area contributed by atoms with Crippen molar-refractivity contribution in [3.63, 3.8) is 0 Å². The standard InChI is InChI=1S/C24H28N2O2S2/c1-14-10-11-16(12-15(14)2)26-22(28)20-17-8-6-7-9-18(17)30-21(20)25-23(26)29-13-19(27)24(3,4)5/h10-12H,6-9,13H2,1-5H3. The molecule has 0 fully saturated rings. The lowest BCUT2D eigenvalue weighted by atomic mass is 9.92. The van der Waals surface area contributed by atoms with Gasteiger partial charge in [-0.25, -0.2) is 4.98 Å². The number of aryl methyl sites for hydroxylation is 4. The second kappa shape index (κ2) is 7.97. The van der Waals surface area contributed by atoms with E-state index in [4.69, 9.17) is 4.98 Å². The number of hydrogen-bond acceptors (Lipinski definition) is 5. The molecule has 0 aliphatic heterocycles. The minimum atomic E-state index is -0.412. The Balaban J connectivity index is 1.90. The van der Waals surface area contributed by atoms with Gasteiger partial charge in [0.05, 0.1) is 16.8 Å². The lowest BCUT2D eigenvalue weighted by Crippen LogP contribution is -2.25. The summed E-state index contributed by atoms with van der Waals surface area (Å²) in [4.78, 5) is 33.3. The van der Waals surface area contributed by atoms with Crippen LogP contribution in [0.5, 0.6) is 0 Å². The summed E-state index contributed by atoms with van der Waals surface area (Å²) in [5, 5.41) is 1.38. The van der Waals surface area contributed by atoms with Crippen molar-refractivity contribution in [1.82, 2.24) is 9.55 Å². The first-order valence-corrected chi connectivity index (χ1v) is 12.3. The average molecular weight is 441 g/mol. The number of fused-ring (bicyclic) bond motifs is 3. The van der Waals surface area contributed by atoms with Crippen LogP contribution in [-0.2, 0) is 17.6 Å². The number of hydrogen-bond donors (Lipinski definition) is 0. The van der Waals surface area contributed by atoms with E-state index in [0.717, 1.165) is 40.7 Å². The second-order valence-electron chi connectivity index (χ2n) is 9.16. The molecule has 0 saturated carbocycles. The van der Waals surface area contributed by atoms with Gasteiger partial charge in [0.1, 0.15) is 10.6 Å². The first-order chi connectivity index (χ1) is 14.2. The number of ketones is 1. The maximum absolute atomic E-state index is 13.8. The molecule has 0 unspecified atom stereocenters. The largest absolute Gasteiger partial charge is 0.298 e. The summed E-state index contributed by atoms with van der Waals surface area (Å²) in [6.45, 7) is 9.90. The topological polar surface area (TPSA) is 52.0 Å². The fourth-order valence-electron chi connectivity index (χ4n) is 3.72. The molecule has 4 rings (SSSR count). The number of carbonyl (C=O) groups excluding carboxylic acids is 1. The molecule has 4 nitrogen and oxygen atoms in total. The smallest absolute Gasteiger partial charge is 0.267 e. The zero-order valence-electron chi connectivity index (χ0n) is 18.3. The lowest BCUT2D eigenvalue weighted by molar-refractivity contribution is -0.123. The molecule has 0 radical (unpaired) electrons. The Morgan fingerprint density at radius 1 is 1.17 bits per heavy atom. The molecule has 3 aromatic rings. The van der Waals surface area contributed by atoms with Crippen molar-refractivity contribution in [3.05, 3.63) is 50.1 Å². The van der Waals surface area contributed by atoms with Crippen LogP contribution in [0.15, 0.2) is 28.2 Å². The Morgan fingerprint density at radius 2 is 1.90 bits per heavy atom. The van der Waals surface area contributed by atoms with Crippen LogP contribution in [0.25, 0.3) is 15.9 Å². The van der Waals surface area contributed by atoms with Gasteiger partial charge >= 0.3 is 0 Å². The van der Waals surface area contributed by atoms with Crippen molar-refractivity contribution >= 4 is 39.1 Å². The van der Waals surface area contributed by atoms with Crippen molar-refractivity contribution in [2.75, 3.05) is 5.75 Å². The van der Waals surface area contributed by atoms with Gasteiger partial charge in [0, 0.05) is 10.3 Å². The van der Waals surface area contributed by atoms with Crippen LogP contribution in [-0.4, -0.2) is 21.1 Å². The molecule has 6 heteroatoms. The molecule has 1 aromatic carbocycles. The first kappa shape index (κ1) is 21.3. The average Bonchev–Trinajstić information content (AvgIpc) is 3.06. The third-order valence-electron chi connectivity index (χ3n) is 5.88. The normalized spacial score (nSPS) is 14.2. The summed E-state index contributed by atoms with van der Waals surface area (Å²) >= 11 is 3.03. The van der Waals surface area contributed by atoms with Crippen LogP contribution in [0.2, 0.25) is 0 Å². The summed E-state index contributed by atoms with van der Waals surface area (Å²) in [5.74, 6) is 0.455. The Bertz CT molecular complexity index is 1200. The third-order valence-corrected chi connectivity index (χ3v) is 8.00. The molecule has 2 heterocycles. The SMILES string of the molecule is Cc1ccc(-n2c(SCC(=O)C(C)(C)C)nc3sc4c(c3c2=O)CCCC4)cc1C. The van der Waals surface area contributed by atoms with E-state index >= 15 is 0 Å². The summed E-state index contributed by atoms with van der Waals surface area (Å²) < 4.78 is 1.72. The number of Topliss-reactive ketones (excluding diaryl/α,β-unsaturated/α-hetero) is 1. The van der Waals surface area contributed by atoms with Crippen LogP contribution < -0.4 is 5.56 Å². The molecule has 0 atom stereocenters. The number of benzene rings is 1. The molecule has 158 valence electrons. The van der Waals surface area contributed by atoms with Crippen LogP contribution >= 0.6 is 23.1 Å². The van der Waals surface area contributed by atoms with Crippen LogP contribution in [0.3, 0.4) is 0 Å². The highest BCUT2D eigenvalue weighted by molar-refractivity contribution is 7.99. The van der Waals surface area contributed by atoms with Gasteiger partial charge in [-0.3, -0.25) is 14.2 Å². The molecule has 0 bridgehead atoms. The third kappa shape index (κ3) is 3.87. The Hall–Kier alpha value is -1.92. The van der Waals surface area contributed by atoms with Crippen molar-refractivity contribution in [2.45, 2.75) is 65.5 Å². The highest BCUT2D eigenvalue weighted by Gasteiger charge is 2.25. The van der Waals surface area contributed by atoms with Gasteiger partial charge in [-0.1, -0.05) is 38.6 Å². The molecule has 0 N–H and O–H groups in total. The molecule has 1 aliphatic carbocycles. The van der Waals surface area contributed by atoms with Crippen molar-refractivity contribution in [2.24, 2.45) is 5.41 Å². The Labute approximate surface area is 185 Å². The van der Waals surface area contributed by atoms with E-state index in [1.807, 2.05) is 39.0 Å². The van der Waals surface area contributed by atoms with E-state index in [1.165, 1.54) is 34.2 Å². The fourth-order valence-corrected chi connectivity index (χ4v) is 6.20. The quantitative estimate of drug-likeness (QED) is 0.389. The first-order valence-electron chi connectivity index (χ1n) is 10.5. The highest BCUT2D eigenvalue weighted by Crippen LogP contribution is 2.35. The molecular weight excluding hydrogens is 412 g/mol. The maximum Gasteiger partial charge on any atom is 0.267 e. The second-order valence-corrected chi connectivity index (χ2v) is 11.2. The van der Waals surface area contributed by atoms with E-state index < -0.39 is 5.41 Å². The van der Waals surface area contributed by atoms with E-state index in [0.29, 0.717) is 10.9 Å². The van der Waals surface area contributed by atoms with E-state index in [2.05, 4.69) is 13.8 Å². The van der Waals surface area contributed by atoms with Gasteiger partial charge in [0.25, 0.3) is 5.56 Å². The minimum absolute atomic E-state index is 0.00615. The number of thioether (sulfide) groups is 1. The van der Waals surface area contributed by atoms with Crippen LogP contribution in [0.4, 0.5) is 0 Å².